The van der Waals surface area contributed by atoms with Crippen molar-refractivity contribution in [2.24, 2.45) is 0 Å². The molecule has 0 aliphatic rings. The van der Waals surface area contributed by atoms with E-state index >= 15 is 0 Å². The van der Waals surface area contributed by atoms with Crippen LogP contribution in [0.4, 0.5) is 18.9 Å². The zero-order valence-electron chi connectivity index (χ0n) is 20.5. The Balaban J connectivity index is 1.81. The molecule has 36 heavy (non-hydrogen) atoms. The van der Waals surface area contributed by atoms with E-state index in [4.69, 9.17) is 16.0 Å². The molecule has 1 heterocycles. The Morgan fingerprint density at radius 3 is 2.19 bits per heavy atom. The van der Waals surface area contributed by atoms with E-state index in [2.05, 4.69) is 5.32 Å². The summed E-state index contributed by atoms with van der Waals surface area (Å²) in [7, 11) is 0. The van der Waals surface area contributed by atoms with Gasteiger partial charge in [0.1, 0.15) is 11.3 Å². The summed E-state index contributed by atoms with van der Waals surface area (Å²) in [5, 5.41) is 3.80. The SMILES string of the molecule is CC(C)c1cccc(C(C)C)c1NC(=O)Cc1oc2ccc(Cl)cc2c1-c1ccccc1C(F)(F)F. The molecule has 0 radical (unpaired) electrons. The first kappa shape index (κ1) is 25.8. The van der Waals surface area contributed by atoms with Crippen molar-refractivity contribution in [2.75, 3.05) is 5.32 Å². The number of fused-ring (bicyclic) bond motifs is 1. The Bertz CT molecular complexity index is 1390. The molecule has 1 N–H and O–H groups in total. The Kier molecular flexibility index (Phi) is 7.19. The van der Waals surface area contributed by atoms with Crippen molar-refractivity contribution in [1.29, 1.82) is 0 Å². The molecule has 188 valence electrons. The van der Waals surface area contributed by atoms with Gasteiger partial charge in [0.05, 0.1) is 12.0 Å². The molecule has 3 aromatic carbocycles. The molecular weight excluding hydrogens is 487 g/mol. The quantitative estimate of drug-likeness (QED) is 0.279. The average Bonchev–Trinajstić information content (AvgIpc) is 3.14. The van der Waals surface area contributed by atoms with Crippen molar-refractivity contribution in [1.82, 2.24) is 0 Å². The maximum Gasteiger partial charge on any atom is 0.417 e. The summed E-state index contributed by atoms with van der Waals surface area (Å²) in [5.41, 5.74) is 2.45. The van der Waals surface area contributed by atoms with E-state index in [1.54, 1.807) is 18.2 Å². The Hall–Kier alpha value is -3.25. The number of para-hydroxylation sites is 1. The minimum absolute atomic E-state index is 0.0562. The number of rotatable bonds is 6. The van der Waals surface area contributed by atoms with Crippen LogP contribution in [-0.2, 0) is 17.4 Å². The first-order chi connectivity index (χ1) is 17.0. The number of halogens is 4. The molecule has 0 atom stereocenters. The molecule has 0 unspecified atom stereocenters. The molecular formula is C29H27ClF3NO2. The van der Waals surface area contributed by atoms with Gasteiger partial charge in [-0.3, -0.25) is 4.79 Å². The van der Waals surface area contributed by atoms with Crippen molar-refractivity contribution >= 4 is 34.2 Å². The van der Waals surface area contributed by atoms with Crippen LogP contribution in [0.5, 0.6) is 0 Å². The van der Waals surface area contributed by atoms with Crippen LogP contribution >= 0.6 is 11.6 Å². The van der Waals surface area contributed by atoms with Gasteiger partial charge in [-0.25, -0.2) is 0 Å². The number of amides is 1. The maximum absolute atomic E-state index is 13.9. The van der Waals surface area contributed by atoms with Crippen LogP contribution < -0.4 is 5.32 Å². The standard InChI is InChI=1S/C29H27ClF3NO2/c1-16(2)19-9-7-10-20(17(3)4)28(19)34-26(35)15-25-27(22-14-18(30)12-13-24(22)36-25)21-8-5-6-11-23(21)29(31,32)33/h5-14,16-17H,15H2,1-4H3,(H,34,35). The summed E-state index contributed by atoms with van der Waals surface area (Å²) < 4.78 is 47.7. The van der Waals surface area contributed by atoms with E-state index in [9.17, 15) is 18.0 Å². The molecule has 4 rings (SSSR count). The van der Waals surface area contributed by atoms with Crippen LogP contribution in [0.1, 0.15) is 62.0 Å². The van der Waals surface area contributed by atoms with Gasteiger partial charge in [-0.15, -0.1) is 0 Å². The van der Waals surface area contributed by atoms with Crippen molar-refractivity contribution in [3.63, 3.8) is 0 Å². The van der Waals surface area contributed by atoms with Crippen LogP contribution in [-0.4, -0.2) is 5.91 Å². The lowest BCUT2D eigenvalue weighted by Crippen LogP contribution is -2.18. The second kappa shape index (κ2) is 10.0. The van der Waals surface area contributed by atoms with Crippen LogP contribution in [0.25, 0.3) is 22.1 Å². The largest absolute Gasteiger partial charge is 0.460 e. The molecule has 4 aromatic rings. The van der Waals surface area contributed by atoms with Gasteiger partial charge in [0.15, 0.2) is 0 Å². The fourth-order valence-corrected chi connectivity index (χ4v) is 4.69. The fourth-order valence-electron chi connectivity index (χ4n) is 4.51. The molecule has 0 bridgehead atoms. The van der Waals surface area contributed by atoms with Crippen molar-refractivity contribution in [2.45, 2.75) is 52.1 Å². The first-order valence-electron chi connectivity index (χ1n) is 11.8. The van der Waals surface area contributed by atoms with Crippen molar-refractivity contribution < 1.29 is 22.4 Å². The number of hydrogen-bond acceptors (Lipinski definition) is 2. The summed E-state index contributed by atoms with van der Waals surface area (Å²) >= 11 is 6.18. The second-order valence-electron chi connectivity index (χ2n) is 9.43. The van der Waals surface area contributed by atoms with E-state index in [0.717, 1.165) is 22.9 Å². The van der Waals surface area contributed by atoms with Crippen LogP contribution in [0, 0.1) is 0 Å². The first-order valence-corrected chi connectivity index (χ1v) is 12.1. The highest BCUT2D eigenvalue weighted by Crippen LogP contribution is 2.43. The van der Waals surface area contributed by atoms with Crippen molar-refractivity contribution in [3.05, 3.63) is 88.1 Å². The summed E-state index contributed by atoms with van der Waals surface area (Å²) in [6.45, 7) is 8.18. The Morgan fingerprint density at radius 1 is 0.944 bits per heavy atom. The minimum Gasteiger partial charge on any atom is -0.460 e. The number of hydrogen-bond donors (Lipinski definition) is 1. The van der Waals surface area contributed by atoms with Gasteiger partial charge in [-0.1, -0.05) is 75.7 Å². The van der Waals surface area contributed by atoms with Gasteiger partial charge < -0.3 is 9.73 Å². The van der Waals surface area contributed by atoms with E-state index in [1.807, 2.05) is 45.9 Å². The Morgan fingerprint density at radius 2 is 1.58 bits per heavy atom. The monoisotopic (exact) mass is 513 g/mol. The van der Waals surface area contributed by atoms with E-state index in [0.29, 0.717) is 16.0 Å². The van der Waals surface area contributed by atoms with Crippen LogP contribution in [0.3, 0.4) is 0 Å². The van der Waals surface area contributed by atoms with Crippen molar-refractivity contribution in [3.8, 4) is 11.1 Å². The lowest BCUT2D eigenvalue weighted by Gasteiger charge is -2.20. The fraction of sp³-hybridized carbons (Fsp3) is 0.276. The summed E-state index contributed by atoms with van der Waals surface area (Å²) in [6, 6.07) is 16.0. The molecule has 7 heteroatoms. The number of furan rings is 1. The summed E-state index contributed by atoms with van der Waals surface area (Å²) in [4.78, 5) is 13.3. The lowest BCUT2D eigenvalue weighted by atomic mass is 9.92. The van der Waals surface area contributed by atoms with Gasteiger partial charge in [-0.05, 0) is 52.8 Å². The van der Waals surface area contributed by atoms with E-state index < -0.39 is 11.7 Å². The third-order valence-electron chi connectivity index (χ3n) is 6.18. The summed E-state index contributed by atoms with van der Waals surface area (Å²) in [6.07, 6.45) is -4.82. The van der Waals surface area contributed by atoms with Gasteiger partial charge >= 0.3 is 6.18 Å². The molecule has 0 fully saturated rings. The van der Waals surface area contributed by atoms with Crippen LogP contribution in [0.2, 0.25) is 5.02 Å². The second-order valence-corrected chi connectivity index (χ2v) is 9.87. The highest BCUT2D eigenvalue weighted by molar-refractivity contribution is 6.31. The number of alkyl halides is 3. The predicted octanol–water partition coefficient (Wildman–Crippen LogP) is 9.20. The number of carbonyl (C=O) groups excluding carboxylic acids is 1. The summed E-state index contributed by atoms with van der Waals surface area (Å²) in [5.74, 6) is 0.110. The zero-order valence-corrected chi connectivity index (χ0v) is 21.2. The van der Waals surface area contributed by atoms with Crippen LogP contribution in [0.15, 0.2) is 65.1 Å². The number of carbonyl (C=O) groups is 1. The highest BCUT2D eigenvalue weighted by Gasteiger charge is 2.35. The van der Waals surface area contributed by atoms with E-state index in [1.165, 1.54) is 18.2 Å². The lowest BCUT2D eigenvalue weighted by molar-refractivity contribution is -0.137. The molecule has 0 aliphatic heterocycles. The maximum atomic E-state index is 13.9. The predicted molar refractivity (Wildman–Crippen MR) is 139 cm³/mol. The number of anilines is 1. The zero-order chi connectivity index (χ0) is 26.2. The van der Waals surface area contributed by atoms with Gasteiger partial charge in [0.25, 0.3) is 0 Å². The highest BCUT2D eigenvalue weighted by atomic mass is 35.5. The third kappa shape index (κ3) is 5.14. The molecule has 0 spiro atoms. The molecule has 1 aromatic heterocycles. The van der Waals surface area contributed by atoms with E-state index in [-0.39, 0.29) is 41.1 Å². The Labute approximate surface area is 213 Å². The van der Waals surface area contributed by atoms with Gasteiger partial charge in [0.2, 0.25) is 5.91 Å². The molecule has 0 saturated carbocycles. The minimum atomic E-state index is -4.58. The topological polar surface area (TPSA) is 42.2 Å². The van der Waals surface area contributed by atoms with Gasteiger partial charge in [-0.2, -0.15) is 13.2 Å². The average molecular weight is 514 g/mol. The normalized spacial score (nSPS) is 12.1. The molecule has 0 aliphatic carbocycles. The number of benzene rings is 3. The number of nitrogens with one attached hydrogen (secondary N) is 1. The van der Waals surface area contributed by atoms with Gasteiger partial charge in [0, 0.05) is 21.7 Å². The smallest absolute Gasteiger partial charge is 0.417 e. The molecule has 3 nitrogen and oxygen atoms in total. The molecule has 1 amide bonds. The molecule has 0 saturated heterocycles. The third-order valence-corrected chi connectivity index (χ3v) is 6.42.